The highest BCUT2D eigenvalue weighted by atomic mass is 35.5. The van der Waals surface area contributed by atoms with Crippen LogP contribution in [-0.2, 0) is 15.8 Å². The number of nitrogens with one attached hydrogen (secondary N) is 2. The molecule has 1 heterocycles. The van der Waals surface area contributed by atoms with Crippen molar-refractivity contribution in [2.75, 3.05) is 5.32 Å². The molecule has 2 aromatic rings. The molecule has 2 aliphatic rings. The second-order valence-corrected chi connectivity index (χ2v) is 10.5. The molecule has 2 aromatic carbocycles. The van der Waals surface area contributed by atoms with Crippen molar-refractivity contribution in [3.8, 4) is 0 Å². The molecule has 0 radical (unpaired) electrons. The number of dihydropyridines is 1. The van der Waals surface area contributed by atoms with Gasteiger partial charge in [0.1, 0.15) is 0 Å². The summed E-state index contributed by atoms with van der Waals surface area (Å²) < 4.78 is 39.7. The number of benzene rings is 2. The predicted molar refractivity (Wildman–Crippen MR) is 130 cm³/mol. The van der Waals surface area contributed by atoms with Gasteiger partial charge in [0.15, 0.2) is 5.78 Å². The zero-order chi connectivity index (χ0) is 25.7. The summed E-state index contributed by atoms with van der Waals surface area (Å²) in [5.41, 5.74) is 1.19. The van der Waals surface area contributed by atoms with Crippen LogP contribution in [0.5, 0.6) is 0 Å². The fourth-order valence-electron chi connectivity index (χ4n) is 4.74. The van der Waals surface area contributed by atoms with Crippen LogP contribution >= 0.6 is 23.2 Å². The van der Waals surface area contributed by atoms with E-state index in [4.69, 9.17) is 23.2 Å². The van der Waals surface area contributed by atoms with E-state index in [1.165, 1.54) is 0 Å². The molecule has 35 heavy (non-hydrogen) atoms. The van der Waals surface area contributed by atoms with Gasteiger partial charge < -0.3 is 10.6 Å². The summed E-state index contributed by atoms with van der Waals surface area (Å²) in [7, 11) is 0. The number of ketones is 1. The highest BCUT2D eigenvalue weighted by Crippen LogP contribution is 2.47. The Labute approximate surface area is 211 Å². The lowest BCUT2D eigenvalue weighted by Crippen LogP contribution is -2.39. The van der Waals surface area contributed by atoms with Crippen molar-refractivity contribution in [3.05, 3.63) is 86.2 Å². The molecule has 0 fully saturated rings. The van der Waals surface area contributed by atoms with Gasteiger partial charge in [-0.3, -0.25) is 9.59 Å². The average molecular weight is 523 g/mol. The van der Waals surface area contributed by atoms with Crippen molar-refractivity contribution in [2.24, 2.45) is 5.41 Å². The van der Waals surface area contributed by atoms with Gasteiger partial charge in [-0.25, -0.2) is 0 Å². The van der Waals surface area contributed by atoms with Crippen LogP contribution in [0.15, 0.2) is 65.0 Å². The van der Waals surface area contributed by atoms with Gasteiger partial charge in [0.25, 0.3) is 5.91 Å². The van der Waals surface area contributed by atoms with Crippen molar-refractivity contribution < 1.29 is 22.8 Å². The maximum Gasteiger partial charge on any atom is 0.416 e. The van der Waals surface area contributed by atoms with Crippen molar-refractivity contribution >= 4 is 40.6 Å². The maximum atomic E-state index is 13.6. The largest absolute Gasteiger partial charge is 0.416 e. The second kappa shape index (κ2) is 9.03. The molecule has 184 valence electrons. The molecule has 0 bridgehead atoms. The number of carbonyl (C=O) groups excluding carboxylic acids is 2. The lowest BCUT2D eigenvalue weighted by molar-refractivity contribution is -0.137. The van der Waals surface area contributed by atoms with Crippen LogP contribution in [0.3, 0.4) is 0 Å². The summed E-state index contributed by atoms with van der Waals surface area (Å²) in [5, 5.41) is 6.14. The SMILES string of the molecule is CC1=C(C(=O)Nc2cc(C(F)(F)F)ccc2Cl)[C@@H](c2cccc(Cl)c2)C2=C(CC(C)(C)CC2=O)N1. The number of carbonyl (C=O) groups is 2. The number of rotatable bonds is 3. The quantitative estimate of drug-likeness (QED) is 0.446. The van der Waals surface area contributed by atoms with Crippen molar-refractivity contribution in [1.82, 2.24) is 5.32 Å². The topological polar surface area (TPSA) is 58.2 Å². The minimum atomic E-state index is -4.60. The van der Waals surface area contributed by atoms with Crippen LogP contribution in [0.1, 0.15) is 50.7 Å². The molecule has 0 unspecified atom stereocenters. The molecule has 4 rings (SSSR count). The molecule has 0 saturated heterocycles. The minimum absolute atomic E-state index is 0.0388. The Bertz CT molecular complexity index is 1300. The van der Waals surface area contributed by atoms with Crippen molar-refractivity contribution in [2.45, 2.75) is 45.7 Å². The molecule has 1 aliphatic heterocycles. The maximum absolute atomic E-state index is 13.6. The Morgan fingerprint density at radius 3 is 2.49 bits per heavy atom. The van der Waals surface area contributed by atoms with Gasteiger partial charge in [-0.2, -0.15) is 13.2 Å². The number of alkyl halides is 3. The van der Waals surface area contributed by atoms with E-state index in [-0.39, 0.29) is 27.5 Å². The number of allylic oxidation sites excluding steroid dienone is 3. The first kappa shape index (κ1) is 25.3. The van der Waals surface area contributed by atoms with Gasteiger partial charge in [0.05, 0.1) is 16.3 Å². The molecule has 9 heteroatoms. The minimum Gasteiger partial charge on any atom is -0.362 e. The fourth-order valence-corrected chi connectivity index (χ4v) is 5.11. The van der Waals surface area contributed by atoms with E-state index < -0.39 is 23.6 Å². The van der Waals surface area contributed by atoms with E-state index in [1.807, 2.05) is 13.8 Å². The summed E-state index contributed by atoms with van der Waals surface area (Å²) in [6.45, 7) is 5.71. The Morgan fingerprint density at radius 1 is 1.11 bits per heavy atom. The molecule has 1 aliphatic carbocycles. The highest BCUT2D eigenvalue weighted by Gasteiger charge is 2.43. The normalized spacial score (nSPS) is 19.9. The summed E-state index contributed by atoms with van der Waals surface area (Å²) in [6.07, 6.45) is -3.69. The zero-order valence-corrected chi connectivity index (χ0v) is 20.8. The van der Waals surface area contributed by atoms with Crippen molar-refractivity contribution in [3.63, 3.8) is 0 Å². The third-order valence-corrected chi connectivity index (χ3v) is 6.77. The van der Waals surface area contributed by atoms with E-state index in [0.717, 1.165) is 23.9 Å². The summed E-state index contributed by atoms with van der Waals surface area (Å²) in [6, 6.07) is 9.60. The Hall–Kier alpha value is -2.77. The van der Waals surface area contributed by atoms with Crippen LogP contribution in [0.2, 0.25) is 10.0 Å². The van der Waals surface area contributed by atoms with Gasteiger partial charge >= 0.3 is 6.18 Å². The Balaban J connectivity index is 1.80. The van der Waals surface area contributed by atoms with E-state index in [1.54, 1.807) is 31.2 Å². The molecule has 0 aromatic heterocycles. The number of anilines is 1. The van der Waals surface area contributed by atoms with Crippen LogP contribution in [-0.4, -0.2) is 11.7 Å². The zero-order valence-electron chi connectivity index (χ0n) is 19.2. The average Bonchev–Trinajstić information content (AvgIpc) is 2.72. The number of halogens is 5. The number of hydrogen-bond donors (Lipinski definition) is 2. The van der Waals surface area contributed by atoms with Crippen LogP contribution < -0.4 is 10.6 Å². The van der Waals surface area contributed by atoms with E-state index in [2.05, 4.69) is 10.6 Å². The monoisotopic (exact) mass is 522 g/mol. The first-order chi connectivity index (χ1) is 16.3. The molecule has 0 spiro atoms. The molecular formula is C26H23Cl2F3N2O2. The number of Topliss-reactive ketones (excluding diaryl/α,β-unsaturated/α-hetero) is 1. The molecule has 1 amide bonds. The summed E-state index contributed by atoms with van der Waals surface area (Å²) in [5.74, 6) is -1.49. The Morgan fingerprint density at radius 2 is 1.83 bits per heavy atom. The molecule has 0 saturated carbocycles. The molecule has 2 N–H and O–H groups in total. The predicted octanol–water partition coefficient (Wildman–Crippen LogP) is 7.25. The fraction of sp³-hybridized carbons (Fsp3) is 0.308. The Kier molecular flexibility index (Phi) is 6.53. The third-order valence-electron chi connectivity index (χ3n) is 6.21. The lowest BCUT2D eigenvalue weighted by Gasteiger charge is -2.39. The van der Waals surface area contributed by atoms with E-state index in [0.29, 0.717) is 34.7 Å². The second-order valence-electron chi connectivity index (χ2n) is 9.63. The van der Waals surface area contributed by atoms with Crippen LogP contribution in [0.4, 0.5) is 18.9 Å². The van der Waals surface area contributed by atoms with Gasteiger partial charge in [-0.15, -0.1) is 0 Å². The smallest absolute Gasteiger partial charge is 0.362 e. The van der Waals surface area contributed by atoms with Crippen molar-refractivity contribution in [1.29, 1.82) is 0 Å². The number of amides is 1. The summed E-state index contributed by atoms with van der Waals surface area (Å²) in [4.78, 5) is 26.9. The van der Waals surface area contributed by atoms with Crippen LogP contribution in [0.25, 0.3) is 0 Å². The van der Waals surface area contributed by atoms with E-state index in [9.17, 15) is 22.8 Å². The van der Waals surface area contributed by atoms with Gasteiger partial charge in [0.2, 0.25) is 0 Å². The highest BCUT2D eigenvalue weighted by molar-refractivity contribution is 6.34. The first-order valence-electron chi connectivity index (χ1n) is 10.9. The summed E-state index contributed by atoms with van der Waals surface area (Å²) >= 11 is 12.3. The van der Waals surface area contributed by atoms with Gasteiger partial charge in [-0.1, -0.05) is 49.2 Å². The standard InChI is InChI=1S/C26H23Cl2F3N2O2/c1-13-21(24(35)33-18-10-15(26(29,30)31)7-8-17(18)28)22(14-5-4-6-16(27)9-14)23-19(32-13)11-25(2,3)12-20(23)34/h4-10,22,32H,11-12H2,1-3H3,(H,33,35)/t22-/m1/s1. The van der Waals surface area contributed by atoms with Crippen LogP contribution in [0, 0.1) is 5.41 Å². The van der Waals surface area contributed by atoms with Gasteiger partial charge in [0, 0.05) is 39.9 Å². The molecular weight excluding hydrogens is 500 g/mol. The molecule has 4 nitrogen and oxygen atoms in total. The third kappa shape index (κ3) is 5.11. The van der Waals surface area contributed by atoms with E-state index >= 15 is 0 Å². The first-order valence-corrected chi connectivity index (χ1v) is 11.7. The molecule has 1 atom stereocenters. The number of hydrogen-bond acceptors (Lipinski definition) is 3. The lowest BCUT2D eigenvalue weighted by atomic mass is 9.68. The van der Waals surface area contributed by atoms with Gasteiger partial charge in [-0.05, 0) is 54.7 Å².